The topological polar surface area (TPSA) is 98.0 Å². The lowest BCUT2D eigenvalue weighted by atomic mass is 10.0. The molecule has 4 N–H and O–H groups in total. The molecule has 3 aromatic rings. The first-order chi connectivity index (χ1) is 15.4. The van der Waals surface area contributed by atoms with Crippen LogP contribution in [-0.2, 0) is 0 Å². The molecule has 2 heterocycles. The Morgan fingerprint density at radius 1 is 1.03 bits per heavy atom. The van der Waals surface area contributed by atoms with Gasteiger partial charge >= 0.3 is 0 Å². The van der Waals surface area contributed by atoms with Crippen molar-refractivity contribution in [3.05, 3.63) is 90.0 Å². The Balaban J connectivity index is 1.51. The van der Waals surface area contributed by atoms with Crippen molar-refractivity contribution in [1.82, 2.24) is 14.8 Å². The highest BCUT2D eigenvalue weighted by Gasteiger charge is 2.25. The van der Waals surface area contributed by atoms with Crippen LogP contribution in [0, 0.1) is 5.82 Å². The molecular formula is C24H24FN5O2. The van der Waals surface area contributed by atoms with E-state index < -0.39 is 5.82 Å². The van der Waals surface area contributed by atoms with Crippen LogP contribution in [0.2, 0.25) is 0 Å². The van der Waals surface area contributed by atoms with Crippen LogP contribution in [0.4, 0.5) is 4.39 Å². The van der Waals surface area contributed by atoms with Gasteiger partial charge in [-0.15, -0.1) is 0 Å². The van der Waals surface area contributed by atoms with Gasteiger partial charge in [0.15, 0.2) is 5.84 Å². The van der Waals surface area contributed by atoms with E-state index in [1.165, 1.54) is 12.1 Å². The number of nitrogens with two attached hydrogens (primary N) is 1. The smallest absolute Gasteiger partial charge is 0.253 e. The van der Waals surface area contributed by atoms with Crippen LogP contribution in [0.1, 0.15) is 21.5 Å². The summed E-state index contributed by atoms with van der Waals surface area (Å²) in [6.45, 7) is 10.6. The summed E-state index contributed by atoms with van der Waals surface area (Å²) in [5.41, 5.74) is 8.98. The predicted molar refractivity (Wildman–Crippen MR) is 123 cm³/mol. The fraction of sp³-hybridized carbons (Fsp3) is 0.167. The molecule has 0 radical (unpaired) electrons. The number of amides is 1. The number of piperazine rings is 1. The van der Waals surface area contributed by atoms with Gasteiger partial charge in [0.1, 0.15) is 5.82 Å². The third-order valence-electron chi connectivity index (χ3n) is 5.81. The molecule has 1 amide bonds. The van der Waals surface area contributed by atoms with Gasteiger partial charge in [-0.05, 0) is 29.8 Å². The summed E-state index contributed by atoms with van der Waals surface area (Å²) in [4.78, 5) is 19.5. The average molecular weight is 433 g/mol. The lowest BCUT2D eigenvalue weighted by Crippen LogP contribution is -2.48. The van der Waals surface area contributed by atoms with Crippen LogP contribution >= 0.6 is 0 Å². The molecule has 7 nitrogen and oxygen atoms in total. The Labute approximate surface area is 184 Å². The van der Waals surface area contributed by atoms with Gasteiger partial charge in [0.05, 0.1) is 5.52 Å². The first-order valence-electron chi connectivity index (χ1n) is 10.2. The standard InChI is InChI=1S/C24H24FN5O2/c1-15(19-14-27-22-18(23(26)28-32)8-9-20(25)21(19)22)16(2)29-10-12-30(13-11-29)24(31)17-6-4-3-5-7-17/h3-9,14,27,32H,1-2,10-13H2,(H2,26,28). The second-order valence-electron chi connectivity index (χ2n) is 7.60. The number of carbonyl (C=O) groups is 1. The number of oxime groups is 1. The van der Waals surface area contributed by atoms with Gasteiger partial charge in [-0.3, -0.25) is 4.79 Å². The van der Waals surface area contributed by atoms with Crippen LogP contribution < -0.4 is 5.73 Å². The van der Waals surface area contributed by atoms with Gasteiger partial charge in [-0.2, -0.15) is 0 Å². The molecule has 0 bridgehead atoms. The van der Waals surface area contributed by atoms with Crippen molar-refractivity contribution in [2.24, 2.45) is 10.9 Å². The van der Waals surface area contributed by atoms with Gasteiger partial charge in [0, 0.05) is 60.1 Å². The second kappa shape index (κ2) is 8.58. The zero-order valence-corrected chi connectivity index (χ0v) is 17.5. The molecular weight excluding hydrogens is 409 g/mol. The number of amidine groups is 1. The maximum absolute atomic E-state index is 14.7. The average Bonchev–Trinajstić information content (AvgIpc) is 3.29. The van der Waals surface area contributed by atoms with E-state index in [-0.39, 0.29) is 11.7 Å². The number of rotatable bonds is 5. The van der Waals surface area contributed by atoms with E-state index in [1.54, 1.807) is 6.20 Å². The van der Waals surface area contributed by atoms with E-state index in [9.17, 15) is 9.18 Å². The predicted octanol–water partition coefficient (Wildman–Crippen LogP) is 3.39. The number of carbonyl (C=O) groups excluding carboxylic acids is 1. The maximum atomic E-state index is 14.7. The number of hydrogen-bond acceptors (Lipinski definition) is 4. The lowest BCUT2D eigenvalue weighted by Gasteiger charge is -2.37. The van der Waals surface area contributed by atoms with E-state index in [0.29, 0.717) is 65.0 Å². The number of fused-ring (bicyclic) bond motifs is 1. The summed E-state index contributed by atoms with van der Waals surface area (Å²) >= 11 is 0. The monoisotopic (exact) mass is 433 g/mol. The summed E-state index contributed by atoms with van der Waals surface area (Å²) in [5.74, 6) is -0.561. The molecule has 0 saturated carbocycles. The largest absolute Gasteiger partial charge is 0.409 e. The van der Waals surface area contributed by atoms with Crippen molar-refractivity contribution in [3.8, 4) is 0 Å². The summed E-state index contributed by atoms with van der Waals surface area (Å²) in [5, 5.41) is 12.3. The normalized spacial score (nSPS) is 14.6. The first-order valence-corrected chi connectivity index (χ1v) is 10.2. The van der Waals surface area contributed by atoms with Crippen molar-refractivity contribution in [3.63, 3.8) is 0 Å². The number of H-pyrrole nitrogens is 1. The Kier molecular flexibility index (Phi) is 5.68. The maximum Gasteiger partial charge on any atom is 0.253 e. The van der Waals surface area contributed by atoms with Crippen LogP contribution in [-0.4, -0.2) is 57.9 Å². The molecule has 32 heavy (non-hydrogen) atoms. The highest BCUT2D eigenvalue weighted by atomic mass is 19.1. The van der Waals surface area contributed by atoms with Crippen molar-refractivity contribution >= 4 is 28.2 Å². The number of aromatic amines is 1. The molecule has 2 aromatic carbocycles. The summed E-state index contributed by atoms with van der Waals surface area (Å²) in [7, 11) is 0. The molecule has 1 aliphatic heterocycles. The van der Waals surface area contributed by atoms with E-state index >= 15 is 0 Å². The molecule has 0 spiro atoms. The molecule has 0 aliphatic carbocycles. The Morgan fingerprint density at radius 3 is 2.34 bits per heavy atom. The number of benzene rings is 2. The van der Waals surface area contributed by atoms with Crippen molar-refractivity contribution in [2.45, 2.75) is 0 Å². The van der Waals surface area contributed by atoms with Crippen molar-refractivity contribution in [1.29, 1.82) is 0 Å². The van der Waals surface area contributed by atoms with Gasteiger partial charge in [-0.1, -0.05) is 36.5 Å². The Morgan fingerprint density at radius 2 is 1.69 bits per heavy atom. The quantitative estimate of drug-likeness (QED) is 0.189. The number of allylic oxidation sites excluding steroid dienone is 1. The number of hydrogen-bond donors (Lipinski definition) is 3. The van der Waals surface area contributed by atoms with Gasteiger partial charge in [-0.25, -0.2) is 4.39 Å². The van der Waals surface area contributed by atoms with E-state index in [1.807, 2.05) is 40.1 Å². The van der Waals surface area contributed by atoms with Crippen LogP contribution in [0.5, 0.6) is 0 Å². The summed E-state index contributed by atoms with van der Waals surface area (Å²) < 4.78 is 14.7. The molecule has 1 saturated heterocycles. The minimum atomic E-state index is -0.446. The molecule has 164 valence electrons. The van der Waals surface area contributed by atoms with E-state index in [2.05, 4.69) is 23.3 Å². The molecule has 1 aromatic heterocycles. The van der Waals surface area contributed by atoms with Crippen LogP contribution in [0.25, 0.3) is 16.5 Å². The van der Waals surface area contributed by atoms with Gasteiger partial charge < -0.3 is 25.7 Å². The highest BCUT2D eigenvalue weighted by molar-refractivity contribution is 6.10. The number of nitrogens with one attached hydrogen (secondary N) is 1. The minimum absolute atomic E-state index is 0.00375. The molecule has 1 fully saturated rings. The second-order valence-corrected chi connectivity index (χ2v) is 7.60. The van der Waals surface area contributed by atoms with Gasteiger partial charge in [0.25, 0.3) is 5.91 Å². The Bertz CT molecular complexity index is 1220. The molecule has 1 aliphatic rings. The number of nitrogens with zero attached hydrogens (tertiary/aromatic N) is 3. The molecule has 8 heteroatoms. The fourth-order valence-electron chi connectivity index (χ4n) is 4.00. The lowest BCUT2D eigenvalue weighted by molar-refractivity contribution is 0.0674. The SMILES string of the molecule is C=C(C(=C)N1CCN(C(=O)c2ccccc2)CC1)c1c[nH]c2c(/C(N)=N/O)ccc(F)c12. The van der Waals surface area contributed by atoms with E-state index in [0.717, 1.165) is 0 Å². The third-order valence-corrected chi connectivity index (χ3v) is 5.81. The number of halogens is 1. The molecule has 0 atom stereocenters. The zero-order valence-electron chi connectivity index (χ0n) is 17.5. The first kappa shape index (κ1) is 21.2. The summed E-state index contributed by atoms with van der Waals surface area (Å²) in [6, 6.07) is 11.9. The molecule has 4 rings (SSSR count). The van der Waals surface area contributed by atoms with Crippen molar-refractivity contribution in [2.75, 3.05) is 26.2 Å². The Hall–Kier alpha value is -4.07. The van der Waals surface area contributed by atoms with E-state index in [4.69, 9.17) is 10.9 Å². The molecule has 0 unspecified atom stereocenters. The van der Waals surface area contributed by atoms with Crippen LogP contribution in [0.3, 0.4) is 0 Å². The fourth-order valence-corrected chi connectivity index (χ4v) is 4.00. The van der Waals surface area contributed by atoms with Gasteiger partial charge in [0.2, 0.25) is 0 Å². The highest BCUT2D eigenvalue weighted by Crippen LogP contribution is 2.33. The third kappa shape index (κ3) is 3.71. The van der Waals surface area contributed by atoms with Crippen LogP contribution in [0.15, 0.2) is 72.7 Å². The van der Waals surface area contributed by atoms with Crippen molar-refractivity contribution < 1.29 is 14.4 Å². The minimum Gasteiger partial charge on any atom is -0.409 e. The summed E-state index contributed by atoms with van der Waals surface area (Å²) in [6.07, 6.45) is 1.64. The number of aromatic nitrogens is 1. The zero-order chi connectivity index (χ0) is 22.8.